The number of rotatable bonds is 9. The fraction of sp³-hybridized carbons (Fsp3) is 0.286. The van der Waals surface area contributed by atoms with Gasteiger partial charge in [0.15, 0.2) is 11.6 Å². The van der Waals surface area contributed by atoms with Gasteiger partial charge in [0.05, 0.1) is 11.9 Å². The van der Waals surface area contributed by atoms with Crippen molar-refractivity contribution in [2.75, 3.05) is 27.7 Å². The fourth-order valence-electron chi connectivity index (χ4n) is 3.73. The summed E-state index contributed by atoms with van der Waals surface area (Å²) in [5.41, 5.74) is 2.52. The summed E-state index contributed by atoms with van der Waals surface area (Å²) in [6.07, 6.45) is 1.07. The highest BCUT2D eigenvalue weighted by Crippen LogP contribution is 2.24. The minimum atomic E-state index is -3.78. The lowest BCUT2D eigenvalue weighted by molar-refractivity contribution is -0.116. The summed E-state index contributed by atoms with van der Waals surface area (Å²) in [5.74, 6) is -2.90. The van der Waals surface area contributed by atoms with Crippen LogP contribution in [0.5, 0.6) is 0 Å². The van der Waals surface area contributed by atoms with Gasteiger partial charge in [-0.15, -0.1) is 0 Å². The fourth-order valence-corrected chi connectivity index (χ4v) is 4.69. The molecule has 0 aliphatic heterocycles. The van der Waals surface area contributed by atoms with E-state index in [0.29, 0.717) is 16.9 Å². The molecule has 3 aromatic carbocycles. The zero-order valence-electron chi connectivity index (χ0n) is 21.7. The zero-order chi connectivity index (χ0) is 28.1. The molecule has 0 saturated heterocycles. The normalized spacial score (nSPS) is 11.6. The molecule has 202 valence electrons. The third-order valence-electron chi connectivity index (χ3n) is 5.77. The highest BCUT2D eigenvalue weighted by atomic mass is 32.2. The molecule has 3 aromatic rings. The Kier molecular flexibility index (Phi) is 8.88. The van der Waals surface area contributed by atoms with Crippen LogP contribution in [-0.2, 0) is 20.2 Å². The number of halogens is 2. The monoisotopic (exact) mass is 543 g/mol. The first-order valence-corrected chi connectivity index (χ1v) is 13.8. The largest absolute Gasteiger partial charge is 0.326 e. The van der Waals surface area contributed by atoms with Crippen LogP contribution in [0.3, 0.4) is 0 Å². The summed E-state index contributed by atoms with van der Waals surface area (Å²) in [5, 5.41) is 5.53. The standard InChI is InChI=1S/C28H31F2N3O4S/c1-28(2,3)20-12-10-19(11-13-20)27(35)32-22-8-5-7-21(17-22)31-26(34)9-6-16-33(38(4,36)37)23-14-15-24(29)25(30)18-23/h5,7-8,10-15,17-18H,6,9,16H2,1-4H3,(H,31,34)(H,32,35). The van der Waals surface area contributed by atoms with Gasteiger partial charge in [0.2, 0.25) is 15.9 Å². The topological polar surface area (TPSA) is 95.6 Å². The van der Waals surface area contributed by atoms with Gasteiger partial charge < -0.3 is 10.6 Å². The first kappa shape index (κ1) is 28.8. The van der Waals surface area contributed by atoms with Crippen molar-refractivity contribution in [2.45, 2.75) is 39.0 Å². The van der Waals surface area contributed by atoms with E-state index in [1.165, 1.54) is 0 Å². The van der Waals surface area contributed by atoms with E-state index in [4.69, 9.17) is 0 Å². The van der Waals surface area contributed by atoms with Crippen LogP contribution in [-0.4, -0.2) is 33.0 Å². The minimum absolute atomic E-state index is 0.0214. The number of hydrogen-bond donors (Lipinski definition) is 2. The smallest absolute Gasteiger partial charge is 0.255 e. The summed E-state index contributed by atoms with van der Waals surface area (Å²) >= 11 is 0. The van der Waals surface area contributed by atoms with Crippen molar-refractivity contribution in [3.8, 4) is 0 Å². The highest BCUT2D eigenvalue weighted by Gasteiger charge is 2.19. The van der Waals surface area contributed by atoms with Gasteiger partial charge in [0.1, 0.15) is 0 Å². The van der Waals surface area contributed by atoms with Crippen LogP contribution < -0.4 is 14.9 Å². The predicted molar refractivity (Wildman–Crippen MR) is 146 cm³/mol. The summed E-state index contributed by atoms with van der Waals surface area (Å²) < 4.78 is 52.1. The molecule has 0 aliphatic rings. The molecule has 3 rings (SSSR count). The minimum Gasteiger partial charge on any atom is -0.326 e. The maximum absolute atomic E-state index is 13.6. The van der Waals surface area contributed by atoms with Crippen LogP contribution in [0.15, 0.2) is 66.7 Å². The van der Waals surface area contributed by atoms with Gasteiger partial charge in [0, 0.05) is 36.0 Å². The molecule has 0 saturated carbocycles. The molecule has 0 aliphatic carbocycles. The van der Waals surface area contributed by atoms with Crippen molar-refractivity contribution in [3.05, 3.63) is 89.5 Å². The van der Waals surface area contributed by atoms with Gasteiger partial charge in [0.25, 0.3) is 5.91 Å². The number of nitrogens with one attached hydrogen (secondary N) is 2. The Morgan fingerprint density at radius 3 is 2.08 bits per heavy atom. The first-order chi connectivity index (χ1) is 17.7. The van der Waals surface area contributed by atoms with E-state index in [1.54, 1.807) is 36.4 Å². The molecule has 0 heterocycles. The van der Waals surface area contributed by atoms with Crippen LogP contribution in [0.4, 0.5) is 25.8 Å². The number of nitrogens with zero attached hydrogens (tertiary/aromatic N) is 1. The van der Waals surface area contributed by atoms with E-state index >= 15 is 0 Å². The number of amides is 2. The van der Waals surface area contributed by atoms with Crippen molar-refractivity contribution in [1.82, 2.24) is 0 Å². The predicted octanol–water partition coefficient (Wildman–Crippen LogP) is 5.70. The number of sulfonamides is 1. The van der Waals surface area contributed by atoms with Crippen molar-refractivity contribution >= 4 is 38.9 Å². The molecular weight excluding hydrogens is 512 g/mol. The van der Waals surface area contributed by atoms with E-state index in [9.17, 15) is 26.8 Å². The first-order valence-electron chi connectivity index (χ1n) is 12.0. The van der Waals surface area contributed by atoms with Gasteiger partial charge in [-0.3, -0.25) is 13.9 Å². The maximum atomic E-state index is 13.6. The van der Waals surface area contributed by atoms with E-state index in [0.717, 1.165) is 34.3 Å². The summed E-state index contributed by atoms with van der Waals surface area (Å²) in [4.78, 5) is 25.1. The molecule has 0 fully saturated rings. The van der Waals surface area contributed by atoms with Crippen molar-refractivity contribution in [2.24, 2.45) is 0 Å². The molecular formula is C28H31F2N3O4S. The van der Waals surface area contributed by atoms with Gasteiger partial charge >= 0.3 is 0 Å². The summed E-state index contributed by atoms with van der Waals surface area (Å²) in [6.45, 7) is 6.18. The molecule has 0 unspecified atom stereocenters. The molecule has 0 aromatic heterocycles. The van der Waals surface area contributed by atoms with Crippen molar-refractivity contribution in [3.63, 3.8) is 0 Å². The van der Waals surface area contributed by atoms with E-state index in [1.807, 2.05) is 12.1 Å². The van der Waals surface area contributed by atoms with Crippen LogP contribution in [0.25, 0.3) is 0 Å². The number of carbonyl (C=O) groups is 2. The number of anilines is 3. The van der Waals surface area contributed by atoms with E-state index in [-0.39, 0.29) is 42.3 Å². The average Bonchev–Trinajstić information content (AvgIpc) is 2.83. The highest BCUT2D eigenvalue weighted by molar-refractivity contribution is 7.92. The van der Waals surface area contributed by atoms with E-state index in [2.05, 4.69) is 31.4 Å². The van der Waals surface area contributed by atoms with Crippen LogP contribution in [0, 0.1) is 11.6 Å². The van der Waals surface area contributed by atoms with Crippen molar-refractivity contribution < 1.29 is 26.8 Å². The quantitative estimate of drug-likeness (QED) is 0.362. The van der Waals surface area contributed by atoms with Crippen LogP contribution >= 0.6 is 0 Å². The average molecular weight is 544 g/mol. The molecule has 0 spiro atoms. The van der Waals surface area contributed by atoms with Gasteiger partial charge in [-0.25, -0.2) is 17.2 Å². The van der Waals surface area contributed by atoms with Gasteiger partial charge in [-0.1, -0.05) is 39.0 Å². The molecule has 0 bridgehead atoms. The molecule has 7 nitrogen and oxygen atoms in total. The number of hydrogen-bond acceptors (Lipinski definition) is 4. The van der Waals surface area contributed by atoms with E-state index < -0.39 is 21.7 Å². The summed E-state index contributed by atoms with van der Waals surface area (Å²) in [7, 11) is -3.78. The molecule has 2 amide bonds. The van der Waals surface area contributed by atoms with Gasteiger partial charge in [-0.05, 0) is 59.9 Å². The molecule has 38 heavy (non-hydrogen) atoms. The Balaban J connectivity index is 1.57. The SMILES string of the molecule is CC(C)(C)c1ccc(C(=O)Nc2cccc(NC(=O)CCCN(c3ccc(F)c(F)c3)S(C)(=O)=O)c2)cc1. The molecule has 2 N–H and O–H groups in total. The second-order valence-corrected chi connectivity index (χ2v) is 11.9. The number of benzene rings is 3. The van der Waals surface area contributed by atoms with Crippen molar-refractivity contribution in [1.29, 1.82) is 0 Å². The lowest BCUT2D eigenvalue weighted by atomic mass is 9.87. The van der Waals surface area contributed by atoms with Crippen LogP contribution in [0.2, 0.25) is 0 Å². The van der Waals surface area contributed by atoms with Crippen LogP contribution in [0.1, 0.15) is 49.5 Å². The number of carbonyl (C=O) groups excluding carboxylic acids is 2. The molecule has 0 radical (unpaired) electrons. The molecule has 0 atom stereocenters. The second kappa shape index (κ2) is 11.7. The molecule has 10 heteroatoms. The third kappa shape index (κ3) is 7.85. The Morgan fingerprint density at radius 1 is 0.868 bits per heavy atom. The Morgan fingerprint density at radius 2 is 1.50 bits per heavy atom. The second-order valence-electron chi connectivity index (χ2n) is 9.95. The Labute approximate surface area is 221 Å². The maximum Gasteiger partial charge on any atom is 0.255 e. The third-order valence-corrected chi connectivity index (χ3v) is 6.97. The zero-order valence-corrected chi connectivity index (χ0v) is 22.5. The lowest BCUT2D eigenvalue weighted by Gasteiger charge is -2.22. The Bertz CT molecular complexity index is 1420. The Hall–Kier alpha value is -3.79. The summed E-state index contributed by atoms with van der Waals surface area (Å²) in [6, 6.07) is 16.8. The lowest BCUT2D eigenvalue weighted by Crippen LogP contribution is -2.31. The van der Waals surface area contributed by atoms with Gasteiger partial charge in [-0.2, -0.15) is 0 Å².